The molecule has 1 saturated carbocycles. The molecule has 0 amide bonds. The predicted octanol–water partition coefficient (Wildman–Crippen LogP) is 0.372. The Labute approximate surface area is 68.7 Å². The monoisotopic (exact) mass is 157 g/mol. The predicted molar refractivity (Wildman–Crippen MR) is 47.1 cm³/mol. The van der Waals surface area contributed by atoms with E-state index in [1.807, 2.05) is 0 Å². The molecule has 0 saturated heterocycles. The van der Waals surface area contributed by atoms with Crippen molar-refractivity contribution in [1.82, 2.24) is 10.9 Å². The molecule has 3 heteroatoms. The summed E-state index contributed by atoms with van der Waals surface area (Å²) in [5.41, 5.74) is 11.8. The molecule has 1 aliphatic rings. The summed E-state index contributed by atoms with van der Waals surface area (Å²) in [7, 11) is 0. The van der Waals surface area contributed by atoms with E-state index in [2.05, 4.69) is 10.9 Å². The minimum Gasteiger partial charge on any atom is -0.329 e. The first-order valence-corrected chi connectivity index (χ1v) is 4.62. The van der Waals surface area contributed by atoms with Crippen LogP contribution in [0, 0.1) is 0 Å². The van der Waals surface area contributed by atoms with Gasteiger partial charge in [-0.2, -0.15) is 0 Å². The van der Waals surface area contributed by atoms with Gasteiger partial charge < -0.3 is 5.73 Å². The Balaban J connectivity index is 1.96. The molecule has 1 aliphatic carbocycles. The van der Waals surface area contributed by atoms with E-state index in [1.54, 1.807) is 0 Å². The minimum atomic E-state index is 0.690. The Morgan fingerprint density at radius 2 is 1.91 bits per heavy atom. The van der Waals surface area contributed by atoms with Gasteiger partial charge in [0.05, 0.1) is 0 Å². The van der Waals surface area contributed by atoms with Crippen LogP contribution < -0.4 is 16.6 Å². The van der Waals surface area contributed by atoms with Crippen LogP contribution in [0.4, 0.5) is 0 Å². The molecule has 1 fully saturated rings. The van der Waals surface area contributed by atoms with Crippen LogP contribution >= 0.6 is 0 Å². The summed E-state index contributed by atoms with van der Waals surface area (Å²) in [5.74, 6) is 0. The fourth-order valence-corrected chi connectivity index (χ4v) is 1.54. The minimum absolute atomic E-state index is 0.690. The van der Waals surface area contributed by atoms with Gasteiger partial charge in [0.25, 0.3) is 0 Å². The van der Waals surface area contributed by atoms with E-state index in [-0.39, 0.29) is 0 Å². The van der Waals surface area contributed by atoms with Crippen molar-refractivity contribution in [2.24, 2.45) is 5.73 Å². The summed E-state index contributed by atoms with van der Waals surface area (Å²) in [4.78, 5) is 0. The lowest BCUT2D eigenvalue weighted by Gasteiger charge is -2.22. The van der Waals surface area contributed by atoms with Gasteiger partial charge in [0.15, 0.2) is 0 Å². The summed E-state index contributed by atoms with van der Waals surface area (Å²) < 4.78 is 0. The molecule has 3 nitrogen and oxygen atoms in total. The molecule has 66 valence electrons. The first kappa shape index (κ1) is 8.97. The Morgan fingerprint density at radius 1 is 1.18 bits per heavy atom. The highest BCUT2D eigenvalue weighted by Crippen LogP contribution is 2.16. The fraction of sp³-hybridized carbons (Fsp3) is 1.00. The van der Waals surface area contributed by atoms with Gasteiger partial charge in [-0.05, 0) is 12.8 Å². The van der Waals surface area contributed by atoms with Gasteiger partial charge in [-0.3, -0.25) is 10.9 Å². The molecule has 0 atom stereocenters. The number of hydrogen-bond donors (Lipinski definition) is 3. The summed E-state index contributed by atoms with van der Waals surface area (Å²) in [6.07, 6.45) is 6.80. The van der Waals surface area contributed by atoms with Crippen LogP contribution in [0.15, 0.2) is 0 Å². The Kier molecular flexibility index (Phi) is 4.50. The second-order valence-corrected chi connectivity index (χ2v) is 3.19. The Hall–Kier alpha value is -0.120. The third kappa shape index (κ3) is 3.70. The molecule has 0 aromatic rings. The summed E-state index contributed by atoms with van der Waals surface area (Å²) in [5, 5.41) is 0. The van der Waals surface area contributed by atoms with E-state index < -0.39 is 0 Å². The second-order valence-electron chi connectivity index (χ2n) is 3.19. The maximum atomic E-state index is 5.34. The van der Waals surface area contributed by atoms with E-state index in [1.165, 1.54) is 32.1 Å². The third-order valence-corrected chi connectivity index (χ3v) is 2.18. The van der Waals surface area contributed by atoms with E-state index in [0.717, 1.165) is 6.54 Å². The van der Waals surface area contributed by atoms with Gasteiger partial charge in [0.2, 0.25) is 0 Å². The quantitative estimate of drug-likeness (QED) is 0.408. The molecule has 0 aromatic heterocycles. The summed E-state index contributed by atoms with van der Waals surface area (Å²) in [6, 6.07) is 0.690. The van der Waals surface area contributed by atoms with Crippen LogP contribution in [0.3, 0.4) is 0 Å². The first-order chi connectivity index (χ1) is 5.43. The Morgan fingerprint density at radius 3 is 2.55 bits per heavy atom. The van der Waals surface area contributed by atoms with E-state index in [0.29, 0.717) is 12.6 Å². The van der Waals surface area contributed by atoms with Crippen molar-refractivity contribution < 1.29 is 0 Å². The molecule has 0 bridgehead atoms. The summed E-state index contributed by atoms with van der Waals surface area (Å²) >= 11 is 0. The van der Waals surface area contributed by atoms with Gasteiger partial charge >= 0.3 is 0 Å². The van der Waals surface area contributed by atoms with Gasteiger partial charge in [-0.15, -0.1) is 0 Å². The molecule has 4 N–H and O–H groups in total. The van der Waals surface area contributed by atoms with Crippen LogP contribution in [0.1, 0.15) is 32.1 Å². The lowest BCUT2D eigenvalue weighted by atomic mass is 9.96. The van der Waals surface area contributed by atoms with Gasteiger partial charge in [0.1, 0.15) is 0 Å². The zero-order valence-electron chi connectivity index (χ0n) is 7.10. The van der Waals surface area contributed by atoms with Crippen LogP contribution in [0.2, 0.25) is 0 Å². The van der Waals surface area contributed by atoms with Crippen molar-refractivity contribution in [3.05, 3.63) is 0 Å². The van der Waals surface area contributed by atoms with Crippen molar-refractivity contribution in [2.75, 3.05) is 13.1 Å². The highest BCUT2D eigenvalue weighted by molar-refractivity contribution is 4.69. The topological polar surface area (TPSA) is 50.1 Å². The lowest BCUT2D eigenvalue weighted by molar-refractivity contribution is 0.336. The molecular formula is C8H19N3. The molecule has 0 unspecified atom stereocenters. The van der Waals surface area contributed by atoms with Gasteiger partial charge in [-0.25, -0.2) is 0 Å². The van der Waals surface area contributed by atoms with Crippen LogP contribution in [0.5, 0.6) is 0 Å². The SMILES string of the molecule is NCCNNC1CCCCC1. The highest BCUT2D eigenvalue weighted by atomic mass is 15.4. The molecule has 0 aromatic carbocycles. The maximum absolute atomic E-state index is 5.34. The summed E-state index contributed by atoms with van der Waals surface area (Å²) in [6.45, 7) is 1.58. The van der Waals surface area contributed by atoms with Gasteiger partial charge in [0, 0.05) is 19.1 Å². The zero-order valence-corrected chi connectivity index (χ0v) is 7.10. The van der Waals surface area contributed by atoms with Crippen LogP contribution in [-0.4, -0.2) is 19.1 Å². The largest absolute Gasteiger partial charge is 0.329 e. The average Bonchev–Trinajstić information content (AvgIpc) is 2.07. The molecule has 1 rings (SSSR count). The van der Waals surface area contributed by atoms with Crippen LogP contribution in [-0.2, 0) is 0 Å². The van der Waals surface area contributed by atoms with Crippen molar-refractivity contribution >= 4 is 0 Å². The molecule has 0 heterocycles. The van der Waals surface area contributed by atoms with E-state index >= 15 is 0 Å². The van der Waals surface area contributed by atoms with E-state index in [9.17, 15) is 0 Å². The average molecular weight is 157 g/mol. The highest BCUT2D eigenvalue weighted by Gasteiger charge is 2.11. The molecule has 11 heavy (non-hydrogen) atoms. The first-order valence-electron chi connectivity index (χ1n) is 4.62. The molecule has 0 radical (unpaired) electrons. The van der Waals surface area contributed by atoms with Crippen LogP contribution in [0.25, 0.3) is 0 Å². The van der Waals surface area contributed by atoms with Gasteiger partial charge in [-0.1, -0.05) is 19.3 Å². The Bertz CT molecular complexity index is 89.3. The number of hydrogen-bond acceptors (Lipinski definition) is 3. The maximum Gasteiger partial charge on any atom is 0.0223 e. The van der Waals surface area contributed by atoms with Crippen molar-refractivity contribution in [3.8, 4) is 0 Å². The van der Waals surface area contributed by atoms with E-state index in [4.69, 9.17) is 5.73 Å². The van der Waals surface area contributed by atoms with Crippen molar-refractivity contribution in [3.63, 3.8) is 0 Å². The molecule has 0 aliphatic heterocycles. The number of hydrazine groups is 1. The molecular weight excluding hydrogens is 138 g/mol. The second kappa shape index (κ2) is 5.52. The van der Waals surface area contributed by atoms with Crippen molar-refractivity contribution in [1.29, 1.82) is 0 Å². The number of nitrogens with two attached hydrogens (primary N) is 1. The number of nitrogens with one attached hydrogen (secondary N) is 2. The fourth-order valence-electron chi connectivity index (χ4n) is 1.54. The number of rotatable bonds is 4. The standard InChI is InChI=1S/C8H19N3/c9-6-7-10-11-8-4-2-1-3-5-8/h8,10-11H,1-7,9H2. The third-order valence-electron chi connectivity index (χ3n) is 2.18. The zero-order chi connectivity index (χ0) is 7.94. The molecule has 0 spiro atoms. The smallest absolute Gasteiger partial charge is 0.0223 e. The lowest BCUT2D eigenvalue weighted by Crippen LogP contribution is -2.43. The van der Waals surface area contributed by atoms with Crippen molar-refractivity contribution in [2.45, 2.75) is 38.1 Å². The normalized spacial score (nSPS) is 20.5.